The molecule has 0 saturated carbocycles. The summed E-state index contributed by atoms with van der Waals surface area (Å²) in [5, 5.41) is 10.3. The van der Waals surface area contributed by atoms with Crippen molar-refractivity contribution >= 4 is 17.7 Å². The van der Waals surface area contributed by atoms with Gasteiger partial charge in [0.15, 0.2) is 5.44 Å². The molecule has 79 valence electrons. The van der Waals surface area contributed by atoms with Crippen LogP contribution in [0.1, 0.15) is 19.3 Å². The maximum absolute atomic E-state index is 10.2. The largest absolute Gasteiger partial charge is 0.497 e. The highest BCUT2D eigenvalue weighted by atomic mass is 32.2. The topological polar surface area (TPSA) is 55.8 Å². The van der Waals surface area contributed by atoms with Gasteiger partial charge in [-0.05, 0) is 6.42 Å². The lowest BCUT2D eigenvalue weighted by Gasteiger charge is -2.06. The minimum absolute atomic E-state index is 0.154. The number of carbonyl (C=O) groups is 1. The summed E-state index contributed by atoms with van der Waals surface area (Å²) in [5.74, 6) is 0.0739. The molecule has 5 heteroatoms. The van der Waals surface area contributed by atoms with E-state index in [-0.39, 0.29) is 6.42 Å². The molecule has 1 N–H and O–H groups in total. The first-order chi connectivity index (χ1) is 6.72. The maximum Gasteiger partial charge on any atom is 0.303 e. The highest BCUT2D eigenvalue weighted by molar-refractivity contribution is 8.05. The Bertz CT molecular complexity index is 227. The van der Waals surface area contributed by atoms with Crippen LogP contribution >= 0.6 is 11.8 Å². The molecule has 0 amide bonds. The maximum atomic E-state index is 10.2. The van der Waals surface area contributed by atoms with Gasteiger partial charge in [-0.3, -0.25) is 4.79 Å². The van der Waals surface area contributed by atoms with Gasteiger partial charge in [0.1, 0.15) is 5.76 Å². The SMILES string of the molecule is CO[C]1CC(OCCCC(=O)O)=CS1. The van der Waals surface area contributed by atoms with E-state index >= 15 is 0 Å². The van der Waals surface area contributed by atoms with Crippen LogP contribution in [-0.2, 0) is 14.3 Å². The van der Waals surface area contributed by atoms with Gasteiger partial charge in [0.05, 0.1) is 6.61 Å². The summed E-state index contributed by atoms with van der Waals surface area (Å²) in [7, 11) is 1.63. The fraction of sp³-hybridized carbons (Fsp3) is 0.556. The second-order valence-corrected chi connectivity index (χ2v) is 3.73. The van der Waals surface area contributed by atoms with E-state index < -0.39 is 5.97 Å². The van der Waals surface area contributed by atoms with E-state index in [4.69, 9.17) is 14.6 Å². The summed E-state index contributed by atoms with van der Waals surface area (Å²) in [5.41, 5.74) is 0.915. The van der Waals surface area contributed by atoms with Crippen LogP contribution in [0.2, 0.25) is 0 Å². The number of hydrogen-bond donors (Lipinski definition) is 1. The first kappa shape index (κ1) is 11.4. The number of hydrogen-bond acceptors (Lipinski definition) is 4. The van der Waals surface area contributed by atoms with E-state index in [1.807, 2.05) is 5.41 Å². The number of rotatable bonds is 6. The predicted octanol–water partition coefficient (Wildman–Crippen LogP) is 1.98. The summed E-state index contributed by atoms with van der Waals surface area (Å²) >= 11 is 1.51. The zero-order valence-corrected chi connectivity index (χ0v) is 8.80. The lowest BCUT2D eigenvalue weighted by Crippen LogP contribution is -2.00. The van der Waals surface area contributed by atoms with Crippen LogP contribution in [0.4, 0.5) is 0 Å². The molecule has 0 aromatic carbocycles. The second-order valence-electron chi connectivity index (χ2n) is 2.80. The first-order valence-electron chi connectivity index (χ1n) is 4.32. The van der Waals surface area contributed by atoms with Crippen LogP contribution in [-0.4, -0.2) is 24.8 Å². The monoisotopic (exact) mass is 217 g/mol. The first-order valence-corrected chi connectivity index (χ1v) is 5.20. The Kier molecular flexibility index (Phi) is 4.82. The summed E-state index contributed by atoms with van der Waals surface area (Å²) in [6.45, 7) is 0.454. The van der Waals surface area contributed by atoms with Crippen LogP contribution in [0.5, 0.6) is 0 Å². The summed E-state index contributed by atoms with van der Waals surface area (Å²) < 4.78 is 10.4. The summed E-state index contributed by atoms with van der Waals surface area (Å²) in [4.78, 5) is 10.2. The highest BCUT2D eigenvalue weighted by Crippen LogP contribution is 2.36. The highest BCUT2D eigenvalue weighted by Gasteiger charge is 2.19. The molecule has 1 radical (unpaired) electrons. The number of carboxylic acids is 1. The Morgan fingerprint density at radius 2 is 2.50 bits per heavy atom. The fourth-order valence-electron chi connectivity index (χ4n) is 0.989. The Labute approximate surface area is 87.3 Å². The number of thioether (sulfide) groups is 1. The Morgan fingerprint density at radius 3 is 3.07 bits per heavy atom. The van der Waals surface area contributed by atoms with Crippen molar-refractivity contribution in [1.29, 1.82) is 0 Å². The molecule has 14 heavy (non-hydrogen) atoms. The van der Waals surface area contributed by atoms with Gasteiger partial charge >= 0.3 is 5.97 Å². The average molecular weight is 217 g/mol. The van der Waals surface area contributed by atoms with E-state index in [1.54, 1.807) is 7.11 Å². The minimum Gasteiger partial charge on any atom is -0.497 e. The van der Waals surface area contributed by atoms with Gasteiger partial charge in [0.2, 0.25) is 0 Å². The van der Waals surface area contributed by atoms with Crippen LogP contribution in [0.15, 0.2) is 11.2 Å². The molecule has 1 rings (SSSR count). The van der Waals surface area contributed by atoms with E-state index in [0.29, 0.717) is 19.4 Å². The Balaban J connectivity index is 2.05. The van der Waals surface area contributed by atoms with Gasteiger partial charge in [-0.25, -0.2) is 0 Å². The molecular weight excluding hydrogens is 204 g/mol. The molecule has 0 unspecified atom stereocenters. The van der Waals surface area contributed by atoms with Crippen molar-refractivity contribution in [3.8, 4) is 0 Å². The summed E-state index contributed by atoms with van der Waals surface area (Å²) in [6.07, 6.45) is 1.38. The molecule has 0 bridgehead atoms. The molecule has 0 aromatic heterocycles. The lowest BCUT2D eigenvalue weighted by atomic mass is 10.3. The zero-order chi connectivity index (χ0) is 10.4. The van der Waals surface area contributed by atoms with Crippen molar-refractivity contribution in [3.63, 3.8) is 0 Å². The predicted molar refractivity (Wildman–Crippen MR) is 53.4 cm³/mol. The van der Waals surface area contributed by atoms with Crippen molar-refractivity contribution < 1.29 is 19.4 Å². The normalized spacial score (nSPS) is 16.8. The van der Waals surface area contributed by atoms with Gasteiger partial charge in [-0.1, -0.05) is 11.8 Å². The van der Waals surface area contributed by atoms with E-state index in [1.165, 1.54) is 11.8 Å². The Hall–Kier alpha value is -0.680. The van der Waals surface area contributed by atoms with Crippen molar-refractivity contribution in [2.75, 3.05) is 13.7 Å². The molecule has 0 fully saturated rings. The number of methoxy groups -OCH3 is 1. The molecule has 0 aromatic rings. The molecule has 0 spiro atoms. The van der Waals surface area contributed by atoms with Crippen molar-refractivity contribution in [1.82, 2.24) is 0 Å². The smallest absolute Gasteiger partial charge is 0.303 e. The van der Waals surface area contributed by atoms with Crippen molar-refractivity contribution in [2.45, 2.75) is 19.3 Å². The number of ether oxygens (including phenoxy) is 2. The zero-order valence-electron chi connectivity index (χ0n) is 7.99. The van der Waals surface area contributed by atoms with Crippen LogP contribution in [0, 0.1) is 5.44 Å². The van der Waals surface area contributed by atoms with Crippen LogP contribution in [0.25, 0.3) is 0 Å². The molecule has 0 saturated heterocycles. The van der Waals surface area contributed by atoms with Crippen LogP contribution in [0.3, 0.4) is 0 Å². The lowest BCUT2D eigenvalue weighted by molar-refractivity contribution is -0.137. The molecule has 0 atom stereocenters. The third-order valence-electron chi connectivity index (χ3n) is 1.69. The Morgan fingerprint density at radius 1 is 1.71 bits per heavy atom. The van der Waals surface area contributed by atoms with Crippen LogP contribution < -0.4 is 0 Å². The molecular formula is C9H13O4S. The van der Waals surface area contributed by atoms with E-state index in [2.05, 4.69) is 0 Å². The van der Waals surface area contributed by atoms with Gasteiger partial charge in [0.25, 0.3) is 0 Å². The number of carboxylic acid groups (broad SMARTS) is 1. The van der Waals surface area contributed by atoms with Crippen molar-refractivity contribution in [2.24, 2.45) is 0 Å². The van der Waals surface area contributed by atoms with Gasteiger partial charge in [0, 0.05) is 25.4 Å². The fourth-order valence-corrected chi connectivity index (χ4v) is 1.73. The minimum atomic E-state index is -0.785. The molecule has 1 aliphatic rings. The average Bonchev–Trinajstić information content (AvgIpc) is 2.60. The molecule has 1 heterocycles. The third-order valence-corrected chi connectivity index (χ3v) is 2.65. The second kappa shape index (κ2) is 5.93. The van der Waals surface area contributed by atoms with Gasteiger partial charge in [-0.15, -0.1) is 0 Å². The summed E-state index contributed by atoms with van der Waals surface area (Å²) in [6, 6.07) is 0. The van der Waals surface area contributed by atoms with E-state index in [9.17, 15) is 4.79 Å². The standard InChI is InChI=1S/C9H13O4S/c1-12-9-5-7(6-14-9)13-4-2-3-8(10)11/h6H,2-5H2,1H3,(H,10,11). The molecule has 0 aliphatic carbocycles. The van der Waals surface area contributed by atoms with Gasteiger partial charge < -0.3 is 14.6 Å². The molecule has 1 aliphatic heterocycles. The number of aliphatic carboxylic acids is 1. The van der Waals surface area contributed by atoms with Crippen molar-refractivity contribution in [3.05, 3.63) is 16.6 Å². The molecule has 4 nitrogen and oxygen atoms in total. The van der Waals surface area contributed by atoms with E-state index in [0.717, 1.165) is 11.2 Å². The quantitative estimate of drug-likeness (QED) is 0.689. The third kappa shape index (κ3) is 4.02. The van der Waals surface area contributed by atoms with Gasteiger partial charge in [-0.2, -0.15) is 0 Å².